The highest BCUT2D eigenvalue weighted by Crippen LogP contribution is 2.25. The first kappa shape index (κ1) is 22.5. The van der Waals surface area contributed by atoms with Crippen molar-refractivity contribution in [2.24, 2.45) is 0 Å². The molecule has 0 unspecified atom stereocenters. The summed E-state index contributed by atoms with van der Waals surface area (Å²) in [6, 6.07) is 7.26. The highest BCUT2D eigenvalue weighted by molar-refractivity contribution is 5.91. The molecule has 0 bridgehead atoms. The van der Waals surface area contributed by atoms with Crippen LogP contribution < -0.4 is 10.7 Å². The number of hydrogen-bond acceptors (Lipinski definition) is 5. The van der Waals surface area contributed by atoms with Crippen LogP contribution in [0.5, 0.6) is 0 Å². The van der Waals surface area contributed by atoms with Gasteiger partial charge in [0.1, 0.15) is 17.5 Å². The molecular formula is C23H18F3N3O3. The summed E-state index contributed by atoms with van der Waals surface area (Å²) in [5, 5.41) is 2.64. The summed E-state index contributed by atoms with van der Waals surface area (Å²) in [6.45, 7) is 8.24. The van der Waals surface area contributed by atoms with Gasteiger partial charge in [0, 0.05) is 11.8 Å². The van der Waals surface area contributed by atoms with Crippen LogP contribution in [0.15, 0.2) is 78.0 Å². The molecule has 9 heteroatoms. The van der Waals surface area contributed by atoms with E-state index in [0.29, 0.717) is 0 Å². The highest BCUT2D eigenvalue weighted by Gasteiger charge is 2.21. The first-order valence-corrected chi connectivity index (χ1v) is 9.40. The van der Waals surface area contributed by atoms with E-state index in [1.54, 1.807) is 6.92 Å². The SMILES string of the molecule is C=C/C(=C\C(=C)F)Nc1cc(=O)c2cc(F)c(C(=O)OCC)nc2n1-c1cccc(F)c1. The number of halogens is 3. The van der Waals surface area contributed by atoms with Gasteiger partial charge in [-0.1, -0.05) is 19.2 Å². The van der Waals surface area contributed by atoms with Gasteiger partial charge in [0.2, 0.25) is 0 Å². The lowest BCUT2D eigenvalue weighted by Crippen LogP contribution is -2.18. The Morgan fingerprint density at radius 2 is 2.03 bits per heavy atom. The van der Waals surface area contributed by atoms with Crippen LogP contribution >= 0.6 is 0 Å². The smallest absolute Gasteiger partial charge is 0.360 e. The van der Waals surface area contributed by atoms with Gasteiger partial charge in [0.15, 0.2) is 22.6 Å². The molecule has 1 N–H and O–H groups in total. The number of nitrogens with one attached hydrogen (secondary N) is 1. The summed E-state index contributed by atoms with van der Waals surface area (Å²) < 4.78 is 48.0. The molecule has 0 spiro atoms. The van der Waals surface area contributed by atoms with Crippen molar-refractivity contribution in [3.05, 3.63) is 101 Å². The number of carbonyl (C=O) groups is 1. The third-order valence-corrected chi connectivity index (χ3v) is 4.28. The molecule has 164 valence electrons. The predicted octanol–water partition coefficient (Wildman–Crippen LogP) is 4.81. The number of aromatic nitrogens is 2. The molecule has 2 aromatic heterocycles. The van der Waals surface area contributed by atoms with Crippen LogP contribution in [0.4, 0.5) is 19.0 Å². The zero-order chi connectivity index (χ0) is 23.4. The first-order chi connectivity index (χ1) is 15.2. The Morgan fingerprint density at radius 1 is 1.28 bits per heavy atom. The van der Waals surface area contributed by atoms with Gasteiger partial charge in [-0.05, 0) is 43.3 Å². The lowest BCUT2D eigenvalue weighted by Gasteiger charge is -2.18. The van der Waals surface area contributed by atoms with Gasteiger partial charge in [-0.15, -0.1) is 0 Å². The Bertz CT molecular complexity index is 1330. The summed E-state index contributed by atoms with van der Waals surface area (Å²) >= 11 is 0. The van der Waals surface area contributed by atoms with E-state index in [1.807, 2.05) is 0 Å². The largest absolute Gasteiger partial charge is 0.461 e. The molecule has 0 radical (unpaired) electrons. The van der Waals surface area contributed by atoms with Crippen molar-refractivity contribution in [1.29, 1.82) is 0 Å². The van der Waals surface area contributed by atoms with E-state index in [-0.39, 0.29) is 34.8 Å². The molecule has 0 saturated carbocycles. The monoisotopic (exact) mass is 441 g/mol. The average Bonchev–Trinajstić information content (AvgIpc) is 2.73. The minimum absolute atomic E-state index is 0.0170. The molecule has 0 aliphatic heterocycles. The molecule has 0 saturated heterocycles. The van der Waals surface area contributed by atoms with Crippen molar-refractivity contribution in [2.75, 3.05) is 11.9 Å². The van der Waals surface area contributed by atoms with Crippen molar-refractivity contribution in [2.45, 2.75) is 6.92 Å². The molecule has 0 aliphatic carbocycles. The fourth-order valence-electron chi connectivity index (χ4n) is 2.99. The number of pyridine rings is 2. The van der Waals surface area contributed by atoms with Gasteiger partial charge < -0.3 is 10.1 Å². The van der Waals surface area contributed by atoms with Crippen LogP contribution in [0.1, 0.15) is 17.4 Å². The van der Waals surface area contributed by atoms with Gasteiger partial charge in [-0.3, -0.25) is 9.36 Å². The quantitative estimate of drug-likeness (QED) is 0.421. The molecular weight excluding hydrogens is 423 g/mol. The number of carbonyl (C=O) groups excluding carboxylic acids is 1. The fraction of sp³-hybridized carbons (Fsp3) is 0.0870. The lowest BCUT2D eigenvalue weighted by atomic mass is 10.2. The fourth-order valence-corrected chi connectivity index (χ4v) is 2.99. The van der Waals surface area contributed by atoms with Gasteiger partial charge >= 0.3 is 5.97 Å². The predicted molar refractivity (Wildman–Crippen MR) is 115 cm³/mol. The van der Waals surface area contributed by atoms with Crippen LogP contribution in [0, 0.1) is 11.6 Å². The van der Waals surface area contributed by atoms with Gasteiger partial charge in [-0.2, -0.15) is 0 Å². The van der Waals surface area contributed by atoms with Crippen molar-refractivity contribution in [1.82, 2.24) is 9.55 Å². The second kappa shape index (κ2) is 9.34. The Hall–Kier alpha value is -4.14. The number of hydrogen-bond donors (Lipinski definition) is 1. The van der Waals surface area contributed by atoms with Gasteiger partial charge in [-0.25, -0.2) is 22.9 Å². The summed E-state index contributed by atoms with van der Waals surface area (Å²) in [5.74, 6) is -3.40. The van der Waals surface area contributed by atoms with Crippen molar-refractivity contribution in [3.63, 3.8) is 0 Å². The van der Waals surface area contributed by atoms with E-state index < -0.39 is 34.6 Å². The molecule has 0 amide bonds. The second-order valence-corrected chi connectivity index (χ2v) is 6.50. The first-order valence-electron chi connectivity index (χ1n) is 9.40. The molecule has 0 aliphatic rings. The summed E-state index contributed by atoms with van der Waals surface area (Å²) in [4.78, 5) is 28.9. The average molecular weight is 441 g/mol. The lowest BCUT2D eigenvalue weighted by molar-refractivity contribution is 0.0514. The number of allylic oxidation sites excluding steroid dienone is 3. The third kappa shape index (κ3) is 4.61. The summed E-state index contributed by atoms with van der Waals surface area (Å²) in [7, 11) is 0. The van der Waals surface area contributed by atoms with Crippen LogP contribution in [-0.2, 0) is 4.74 Å². The van der Waals surface area contributed by atoms with Crippen LogP contribution in [0.3, 0.4) is 0 Å². The number of benzene rings is 1. The van der Waals surface area contributed by atoms with E-state index >= 15 is 0 Å². The number of fused-ring (bicyclic) bond motifs is 1. The van der Waals surface area contributed by atoms with E-state index in [9.17, 15) is 22.8 Å². The zero-order valence-electron chi connectivity index (χ0n) is 17.0. The Kier molecular flexibility index (Phi) is 6.58. The van der Waals surface area contributed by atoms with Crippen LogP contribution in [-0.4, -0.2) is 22.1 Å². The van der Waals surface area contributed by atoms with Crippen LogP contribution in [0.2, 0.25) is 0 Å². The van der Waals surface area contributed by atoms with Crippen molar-refractivity contribution >= 4 is 22.8 Å². The minimum atomic E-state index is -1.04. The van der Waals surface area contributed by atoms with E-state index in [2.05, 4.69) is 23.5 Å². The zero-order valence-corrected chi connectivity index (χ0v) is 17.0. The van der Waals surface area contributed by atoms with Gasteiger partial charge in [0.05, 0.1) is 17.7 Å². The highest BCUT2D eigenvalue weighted by atomic mass is 19.1. The maximum absolute atomic E-state index is 14.5. The normalized spacial score (nSPS) is 11.3. The van der Waals surface area contributed by atoms with E-state index in [0.717, 1.165) is 24.3 Å². The molecule has 0 fully saturated rings. The number of ether oxygens (including phenoxy) is 1. The molecule has 0 atom stereocenters. The van der Waals surface area contributed by atoms with Gasteiger partial charge in [0.25, 0.3) is 0 Å². The second-order valence-electron chi connectivity index (χ2n) is 6.50. The summed E-state index contributed by atoms with van der Waals surface area (Å²) in [5.41, 5.74) is -1.09. The molecule has 2 heterocycles. The minimum Gasteiger partial charge on any atom is -0.461 e. The number of anilines is 1. The molecule has 32 heavy (non-hydrogen) atoms. The van der Waals surface area contributed by atoms with E-state index in [4.69, 9.17) is 4.74 Å². The number of nitrogens with zero attached hydrogens (tertiary/aromatic N) is 2. The molecule has 1 aromatic carbocycles. The number of esters is 1. The number of rotatable bonds is 7. The Balaban J connectivity index is 2.40. The maximum Gasteiger partial charge on any atom is 0.360 e. The standard InChI is InChI=1S/C23H18F3N3O3/c1-4-15(9-13(3)24)27-20-12-19(30)17-11-18(26)21(23(31)32-5-2)28-22(17)29(20)16-8-6-7-14(25)10-16/h4,6-12,27H,1,3,5H2,2H3/b15-9+. The Labute approximate surface area is 181 Å². The maximum atomic E-state index is 14.5. The summed E-state index contributed by atoms with van der Waals surface area (Å²) in [6.07, 6.45) is 2.30. The molecule has 3 rings (SSSR count). The van der Waals surface area contributed by atoms with Crippen molar-refractivity contribution in [3.8, 4) is 5.69 Å². The van der Waals surface area contributed by atoms with Crippen LogP contribution in [0.25, 0.3) is 16.7 Å². The molecule has 6 nitrogen and oxygen atoms in total. The Morgan fingerprint density at radius 3 is 2.66 bits per heavy atom. The topological polar surface area (TPSA) is 73.2 Å². The van der Waals surface area contributed by atoms with E-state index in [1.165, 1.54) is 28.8 Å². The van der Waals surface area contributed by atoms with Crippen molar-refractivity contribution < 1.29 is 22.7 Å². The third-order valence-electron chi connectivity index (χ3n) is 4.28. The molecule has 3 aromatic rings.